The predicted octanol–water partition coefficient (Wildman–Crippen LogP) is 4.37. The molecule has 4 amide bonds. The summed E-state index contributed by atoms with van der Waals surface area (Å²) in [6, 6.07) is 8.27. The summed E-state index contributed by atoms with van der Waals surface area (Å²) in [5, 5.41) is 15.3. The number of ether oxygens (including phenoxy) is 1. The largest absolute Gasteiger partial charge is 0.488 e. The lowest BCUT2D eigenvalue weighted by Crippen LogP contribution is -2.48. The number of urea groups is 1. The third-order valence-electron chi connectivity index (χ3n) is 7.40. The number of anilines is 2. The number of hydrogen-bond donors (Lipinski definition) is 3. The smallest absolute Gasteiger partial charge is 0.416 e. The van der Waals surface area contributed by atoms with Crippen molar-refractivity contribution in [3.8, 4) is 5.75 Å². The van der Waals surface area contributed by atoms with Gasteiger partial charge in [0.05, 0.1) is 31.2 Å². The van der Waals surface area contributed by atoms with Gasteiger partial charge in [-0.05, 0) is 62.2 Å². The molecule has 0 unspecified atom stereocenters. The van der Waals surface area contributed by atoms with E-state index in [-0.39, 0.29) is 55.5 Å². The molecule has 222 valence electrons. The highest BCUT2D eigenvalue weighted by Crippen LogP contribution is 2.33. The average molecular weight is 577 g/mol. The van der Waals surface area contributed by atoms with Crippen LogP contribution in [0.1, 0.15) is 37.8 Å². The van der Waals surface area contributed by atoms with Crippen LogP contribution in [0.15, 0.2) is 42.5 Å². The highest BCUT2D eigenvalue weighted by atomic mass is 19.4. The number of nitrogens with one attached hydrogen (secondary N) is 2. The van der Waals surface area contributed by atoms with E-state index in [4.69, 9.17) is 4.74 Å². The molecule has 4 rings (SSSR count). The summed E-state index contributed by atoms with van der Waals surface area (Å²) in [5.41, 5.74) is 0.505. The Morgan fingerprint density at radius 1 is 1.12 bits per heavy atom. The number of aliphatic hydroxyl groups excluding tert-OH is 1. The van der Waals surface area contributed by atoms with Crippen LogP contribution in [0, 0.1) is 11.8 Å². The molecular formula is C29H35F3N4O5. The minimum Gasteiger partial charge on any atom is -0.488 e. The second-order valence-electron chi connectivity index (χ2n) is 10.9. The first-order valence-electron chi connectivity index (χ1n) is 13.6. The molecule has 9 nitrogen and oxygen atoms in total. The van der Waals surface area contributed by atoms with Gasteiger partial charge in [-0.3, -0.25) is 9.59 Å². The van der Waals surface area contributed by atoms with E-state index in [0.29, 0.717) is 17.0 Å². The molecule has 2 aromatic rings. The van der Waals surface area contributed by atoms with Crippen molar-refractivity contribution in [2.75, 3.05) is 37.4 Å². The number of benzene rings is 2. The fraction of sp³-hybridized carbons (Fsp3) is 0.483. The van der Waals surface area contributed by atoms with Gasteiger partial charge >= 0.3 is 12.2 Å². The van der Waals surface area contributed by atoms with Crippen molar-refractivity contribution in [3.63, 3.8) is 0 Å². The third kappa shape index (κ3) is 7.69. The lowest BCUT2D eigenvalue weighted by atomic mass is 10.0. The molecular weight excluding hydrogens is 541 g/mol. The number of likely N-dealkylation sites (N-methyl/N-ethyl adjacent to an activating group) is 1. The SMILES string of the molecule is C[C@H](CO)N1C[C@H](C)[C@H](CN(C)C(=O)Nc2ccc(C(F)(F)F)cc2)Oc2ccc(NC(=O)C3CC3)cc2CC1=O. The molecule has 2 aromatic carbocycles. The van der Waals surface area contributed by atoms with E-state index < -0.39 is 29.9 Å². The maximum Gasteiger partial charge on any atom is 0.416 e. The van der Waals surface area contributed by atoms with Crippen molar-refractivity contribution in [1.82, 2.24) is 9.80 Å². The predicted molar refractivity (Wildman–Crippen MR) is 146 cm³/mol. The Balaban J connectivity index is 1.53. The van der Waals surface area contributed by atoms with Gasteiger partial charge in [0, 0.05) is 42.4 Å². The van der Waals surface area contributed by atoms with E-state index in [1.807, 2.05) is 6.92 Å². The number of amides is 4. The summed E-state index contributed by atoms with van der Waals surface area (Å²) in [7, 11) is 1.54. The zero-order valence-electron chi connectivity index (χ0n) is 23.2. The molecule has 0 spiro atoms. The number of nitrogens with zero attached hydrogens (tertiary/aromatic N) is 2. The summed E-state index contributed by atoms with van der Waals surface area (Å²) in [4.78, 5) is 41.5. The topological polar surface area (TPSA) is 111 Å². The number of aliphatic hydroxyl groups is 1. The van der Waals surface area contributed by atoms with Crippen LogP contribution in [0.4, 0.5) is 29.3 Å². The van der Waals surface area contributed by atoms with Crippen LogP contribution < -0.4 is 15.4 Å². The maximum absolute atomic E-state index is 13.3. The number of carbonyl (C=O) groups excluding carboxylic acids is 3. The molecule has 0 bridgehead atoms. The Morgan fingerprint density at radius 2 is 1.78 bits per heavy atom. The van der Waals surface area contributed by atoms with Crippen molar-refractivity contribution in [3.05, 3.63) is 53.6 Å². The summed E-state index contributed by atoms with van der Waals surface area (Å²) in [5.74, 6) is -0.0939. The molecule has 0 aromatic heterocycles. The normalized spacial score (nSPS) is 20.1. The Morgan fingerprint density at radius 3 is 2.39 bits per heavy atom. The molecule has 1 aliphatic carbocycles. The Bertz CT molecular complexity index is 1270. The van der Waals surface area contributed by atoms with E-state index in [2.05, 4.69) is 10.6 Å². The highest BCUT2D eigenvalue weighted by molar-refractivity contribution is 5.94. The Hall–Kier alpha value is -3.80. The summed E-state index contributed by atoms with van der Waals surface area (Å²) in [6.07, 6.45) is -3.36. The van der Waals surface area contributed by atoms with Crippen molar-refractivity contribution >= 4 is 29.2 Å². The first-order chi connectivity index (χ1) is 19.3. The quantitative estimate of drug-likeness (QED) is 0.454. The van der Waals surface area contributed by atoms with Crippen LogP contribution in [-0.4, -0.2) is 71.6 Å². The molecule has 1 heterocycles. The van der Waals surface area contributed by atoms with Gasteiger partial charge in [0.15, 0.2) is 0 Å². The lowest BCUT2D eigenvalue weighted by Gasteiger charge is -2.34. The summed E-state index contributed by atoms with van der Waals surface area (Å²) < 4.78 is 45.0. The van der Waals surface area contributed by atoms with Crippen molar-refractivity contribution in [1.29, 1.82) is 0 Å². The van der Waals surface area contributed by atoms with Gasteiger partial charge in [-0.15, -0.1) is 0 Å². The first-order valence-corrected chi connectivity index (χ1v) is 13.6. The van der Waals surface area contributed by atoms with Crippen LogP contribution in [0.3, 0.4) is 0 Å². The van der Waals surface area contributed by atoms with Gasteiger partial charge < -0.3 is 30.3 Å². The van der Waals surface area contributed by atoms with Gasteiger partial charge in [0.2, 0.25) is 11.8 Å². The van der Waals surface area contributed by atoms with E-state index in [1.165, 1.54) is 17.0 Å². The average Bonchev–Trinajstić information content (AvgIpc) is 3.77. The van der Waals surface area contributed by atoms with Crippen molar-refractivity contribution in [2.45, 2.75) is 51.4 Å². The van der Waals surface area contributed by atoms with Gasteiger partial charge in [-0.25, -0.2) is 4.79 Å². The first kappa shape index (κ1) is 30.2. The fourth-order valence-corrected chi connectivity index (χ4v) is 4.63. The number of carbonyl (C=O) groups is 3. The molecule has 0 radical (unpaired) electrons. The number of rotatable bonds is 7. The van der Waals surface area contributed by atoms with Crippen LogP contribution in [0.25, 0.3) is 0 Å². The Kier molecular flexibility index (Phi) is 9.11. The van der Waals surface area contributed by atoms with Crippen LogP contribution in [0.5, 0.6) is 5.75 Å². The van der Waals surface area contributed by atoms with E-state index >= 15 is 0 Å². The monoisotopic (exact) mass is 576 g/mol. The summed E-state index contributed by atoms with van der Waals surface area (Å²) >= 11 is 0. The van der Waals surface area contributed by atoms with Crippen molar-refractivity contribution in [2.24, 2.45) is 11.8 Å². The Labute approximate surface area is 236 Å². The molecule has 3 atom stereocenters. The van der Waals surface area contributed by atoms with Crippen LogP contribution in [-0.2, 0) is 22.2 Å². The molecule has 1 saturated carbocycles. The molecule has 41 heavy (non-hydrogen) atoms. The number of alkyl halides is 3. The number of hydrogen-bond acceptors (Lipinski definition) is 5. The van der Waals surface area contributed by atoms with Gasteiger partial charge in [-0.2, -0.15) is 13.2 Å². The van der Waals surface area contributed by atoms with Gasteiger partial charge in [-0.1, -0.05) is 6.92 Å². The third-order valence-corrected chi connectivity index (χ3v) is 7.40. The minimum absolute atomic E-state index is 0.00347. The van der Waals surface area contributed by atoms with E-state index in [1.54, 1.807) is 37.1 Å². The van der Waals surface area contributed by atoms with E-state index in [9.17, 15) is 32.7 Å². The van der Waals surface area contributed by atoms with E-state index in [0.717, 1.165) is 25.0 Å². The number of fused-ring (bicyclic) bond motifs is 1. The molecule has 2 aliphatic rings. The zero-order chi connectivity index (χ0) is 29.9. The lowest BCUT2D eigenvalue weighted by molar-refractivity contribution is -0.137. The minimum atomic E-state index is -4.48. The number of halogens is 3. The maximum atomic E-state index is 13.3. The molecule has 3 N–H and O–H groups in total. The highest BCUT2D eigenvalue weighted by Gasteiger charge is 2.33. The molecule has 0 saturated heterocycles. The standard InChI is InChI=1S/C29H35F3N4O5/c1-17-14-36(18(2)16-37)26(38)13-20-12-23(33-27(39)19-4-5-19)10-11-24(20)41-25(17)15-35(3)28(40)34-22-8-6-21(7-9-22)29(30,31)32/h6-12,17-19,25,37H,4-5,13-16H2,1-3H3,(H,33,39)(H,34,40)/t17-,18+,25-/m0/s1. The zero-order valence-corrected chi connectivity index (χ0v) is 23.2. The summed E-state index contributed by atoms with van der Waals surface area (Å²) in [6.45, 7) is 3.76. The second-order valence-corrected chi connectivity index (χ2v) is 10.9. The van der Waals surface area contributed by atoms with Crippen LogP contribution >= 0.6 is 0 Å². The molecule has 12 heteroatoms. The molecule has 1 fully saturated rings. The van der Waals surface area contributed by atoms with Crippen LogP contribution in [0.2, 0.25) is 0 Å². The fourth-order valence-electron chi connectivity index (χ4n) is 4.63. The van der Waals surface area contributed by atoms with Gasteiger partial charge in [0.25, 0.3) is 0 Å². The molecule has 1 aliphatic heterocycles. The van der Waals surface area contributed by atoms with Gasteiger partial charge in [0.1, 0.15) is 11.9 Å². The second kappa shape index (κ2) is 12.4. The van der Waals surface area contributed by atoms with Crippen molar-refractivity contribution < 1.29 is 37.4 Å².